The lowest BCUT2D eigenvalue weighted by Gasteiger charge is -2.29. The minimum Gasteiger partial charge on any atom is -0.465 e. The third kappa shape index (κ3) is 2.70. The van der Waals surface area contributed by atoms with Gasteiger partial charge in [0.05, 0.1) is 12.7 Å². The number of piperidine rings is 1. The number of amides is 1. The predicted molar refractivity (Wildman–Crippen MR) is 67.4 cm³/mol. The van der Waals surface area contributed by atoms with Gasteiger partial charge in [0.1, 0.15) is 0 Å². The Morgan fingerprint density at radius 3 is 2.39 bits per heavy atom. The molecule has 0 saturated carbocycles. The highest BCUT2D eigenvalue weighted by Crippen LogP contribution is 2.27. The van der Waals surface area contributed by atoms with Crippen LogP contribution in [0.5, 0.6) is 0 Å². The van der Waals surface area contributed by atoms with E-state index in [9.17, 15) is 9.59 Å². The zero-order chi connectivity index (χ0) is 13.0. The normalized spacial score (nSPS) is 16.4. The van der Waals surface area contributed by atoms with Crippen molar-refractivity contribution in [1.82, 2.24) is 4.90 Å². The molecule has 1 aliphatic rings. The second-order valence-corrected chi connectivity index (χ2v) is 4.53. The number of benzene rings is 1. The molecule has 1 amide bonds. The smallest absolute Gasteiger partial charge is 0.337 e. The molecular formula is C14H17NO3. The number of nitrogens with zero attached hydrogens (tertiary/aromatic N) is 1. The predicted octanol–water partition coefficient (Wildman–Crippen LogP) is 1.81. The first-order valence-electron chi connectivity index (χ1n) is 6.12. The van der Waals surface area contributed by atoms with Gasteiger partial charge in [0.2, 0.25) is 6.41 Å². The molecule has 0 unspecified atom stereocenters. The van der Waals surface area contributed by atoms with Gasteiger partial charge in [0.25, 0.3) is 0 Å². The van der Waals surface area contributed by atoms with E-state index in [4.69, 9.17) is 0 Å². The van der Waals surface area contributed by atoms with E-state index in [2.05, 4.69) is 4.74 Å². The van der Waals surface area contributed by atoms with Gasteiger partial charge in [0, 0.05) is 13.1 Å². The molecule has 4 nitrogen and oxygen atoms in total. The fourth-order valence-corrected chi connectivity index (χ4v) is 2.35. The van der Waals surface area contributed by atoms with Crippen molar-refractivity contribution in [2.45, 2.75) is 18.8 Å². The third-order valence-electron chi connectivity index (χ3n) is 3.48. The summed E-state index contributed by atoms with van der Waals surface area (Å²) in [7, 11) is 1.38. The lowest BCUT2D eigenvalue weighted by molar-refractivity contribution is -0.119. The highest BCUT2D eigenvalue weighted by Gasteiger charge is 2.19. The topological polar surface area (TPSA) is 46.6 Å². The average molecular weight is 247 g/mol. The summed E-state index contributed by atoms with van der Waals surface area (Å²) in [6.07, 6.45) is 2.88. The van der Waals surface area contributed by atoms with Crippen molar-refractivity contribution in [3.63, 3.8) is 0 Å². The number of hydrogen-bond donors (Lipinski definition) is 0. The van der Waals surface area contributed by atoms with Crippen LogP contribution in [0.4, 0.5) is 0 Å². The van der Waals surface area contributed by atoms with Gasteiger partial charge in [-0.05, 0) is 36.5 Å². The Hall–Kier alpha value is -1.84. The Balaban J connectivity index is 2.02. The molecule has 4 heteroatoms. The van der Waals surface area contributed by atoms with Crippen LogP contribution < -0.4 is 0 Å². The van der Waals surface area contributed by atoms with E-state index in [1.165, 1.54) is 12.7 Å². The molecule has 0 radical (unpaired) electrons. The summed E-state index contributed by atoms with van der Waals surface area (Å²) >= 11 is 0. The van der Waals surface area contributed by atoms with E-state index in [0.717, 1.165) is 32.3 Å². The quantitative estimate of drug-likeness (QED) is 0.604. The van der Waals surface area contributed by atoms with Crippen molar-refractivity contribution in [3.8, 4) is 0 Å². The summed E-state index contributed by atoms with van der Waals surface area (Å²) in [5.74, 6) is 0.172. The van der Waals surface area contributed by atoms with E-state index in [1.807, 2.05) is 12.1 Å². The largest absolute Gasteiger partial charge is 0.465 e. The molecule has 0 aromatic heterocycles. The molecule has 1 aliphatic heterocycles. The van der Waals surface area contributed by atoms with Crippen LogP contribution in [0, 0.1) is 0 Å². The Labute approximate surface area is 107 Å². The van der Waals surface area contributed by atoms with Crippen LogP contribution in [0.25, 0.3) is 0 Å². The number of hydrogen-bond acceptors (Lipinski definition) is 3. The summed E-state index contributed by atoms with van der Waals surface area (Å²) in [5.41, 5.74) is 1.81. The minimum absolute atomic E-state index is 0.308. The standard InChI is InChI=1S/C14H17NO3/c1-18-14(17)13-4-2-11(3-5-13)12-6-8-15(10-16)9-7-12/h2-5,10,12H,6-9H2,1H3. The first-order valence-corrected chi connectivity index (χ1v) is 6.12. The first kappa shape index (κ1) is 12.6. The SMILES string of the molecule is COC(=O)c1ccc(C2CCN(C=O)CC2)cc1. The van der Waals surface area contributed by atoms with Crippen molar-refractivity contribution >= 4 is 12.4 Å². The Morgan fingerprint density at radius 1 is 1.28 bits per heavy atom. The number of methoxy groups -OCH3 is 1. The van der Waals surface area contributed by atoms with E-state index in [0.29, 0.717) is 11.5 Å². The van der Waals surface area contributed by atoms with E-state index in [-0.39, 0.29) is 5.97 Å². The van der Waals surface area contributed by atoms with Gasteiger partial charge >= 0.3 is 5.97 Å². The lowest BCUT2D eigenvalue weighted by atomic mass is 9.89. The zero-order valence-corrected chi connectivity index (χ0v) is 10.5. The molecule has 0 atom stereocenters. The van der Waals surface area contributed by atoms with Gasteiger partial charge in [-0.1, -0.05) is 12.1 Å². The number of likely N-dealkylation sites (tertiary alicyclic amines) is 1. The van der Waals surface area contributed by atoms with Crippen molar-refractivity contribution in [1.29, 1.82) is 0 Å². The average Bonchev–Trinajstić information content (AvgIpc) is 2.47. The summed E-state index contributed by atoms with van der Waals surface area (Å²) in [5, 5.41) is 0. The number of esters is 1. The van der Waals surface area contributed by atoms with Gasteiger partial charge < -0.3 is 9.64 Å². The van der Waals surface area contributed by atoms with Crippen LogP contribution in [-0.4, -0.2) is 37.5 Å². The number of ether oxygens (including phenoxy) is 1. The molecule has 1 fully saturated rings. The van der Waals surface area contributed by atoms with Crippen LogP contribution >= 0.6 is 0 Å². The van der Waals surface area contributed by atoms with Crippen molar-refractivity contribution in [3.05, 3.63) is 35.4 Å². The summed E-state index contributed by atoms with van der Waals surface area (Å²) in [4.78, 5) is 23.8. The maximum absolute atomic E-state index is 11.3. The second kappa shape index (κ2) is 5.67. The molecule has 0 bridgehead atoms. The molecule has 2 rings (SSSR count). The first-order chi connectivity index (χ1) is 8.74. The lowest BCUT2D eigenvalue weighted by Crippen LogP contribution is -2.31. The molecule has 0 spiro atoms. The van der Waals surface area contributed by atoms with Crippen LogP contribution in [-0.2, 0) is 9.53 Å². The van der Waals surface area contributed by atoms with Crippen molar-refractivity contribution < 1.29 is 14.3 Å². The molecular weight excluding hydrogens is 230 g/mol. The van der Waals surface area contributed by atoms with E-state index < -0.39 is 0 Å². The van der Waals surface area contributed by atoms with Crippen LogP contribution in [0.15, 0.2) is 24.3 Å². The molecule has 0 aliphatic carbocycles. The van der Waals surface area contributed by atoms with Gasteiger partial charge in [-0.25, -0.2) is 4.79 Å². The molecule has 1 aromatic rings. The second-order valence-electron chi connectivity index (χ2n) is 4.53. The molecule has 18 heavy (non-hydrogen) atoms. The molecule has 0 N–H and O–H groups in total. The fraction of sp³-hybridized carbons (Fsp3) is 0.429. The van der Waals surface area contributed by atoms with Crippen molar-refractivity contribution in [2.75, 3.05) is 20.2 Å². The summed E-state index contributed by atoms with van der Waals surface area (Å²) in [6, 6.07) is 7.56. The maximum Gasteiger partial charge on any atom is 0.337 e. The van der Waals surface area contributed by atoms with Crippen LogP contribution in [0.3, 0.4) is 0 Å². The monoisotopic (exact) mass is 247 g/mol. The third-order valence-corrected chi connectivity index (χ3v) is 3.48. The fourth-order valence-electron chi connectivity index (χ4n) is 2.35. The van der Waals surface area contributed by atoms with E-state index in [1.54, 1.807) is 17.0 Å². The van der Waals surface area contributed by atoms with Crippen molar-refractivity contribution in [2.24, 2.45) is 0 Å². The Bertz CT molecular complexity index is 419. The maximum atomic E-state index is 11.3. The molecule has 96 valence electrons. The summed E-state index contributed by atoms with van der Waals surface area (Å²) < 4.78 is 4.67. The van der Waals surface area contributed by atoms with Gasteiger partial charge in [0.15, 0.2) is 0 Å². The van der Waals surface area contributed by atoms with Gasteiger partial charge in [-0.3, -0.25) is 4.79 Å². The molecule has 1 saturated heterocycles. The van der Waals surface area contributed by atoms with Gasteiger partial charge in [-0.2, -0.15) is 0 Å². The van der Waals surface area contributed by atoms with Crippen LogP contribution in [0.1, 0.15) is 34.7 Å². The number of carbonyl (C=O) groups is 2. The molecule has 1 heterocycles. The Kier molecular flexibility index (Phi) is 3.97. The number of carbonyl (C=O) groups excluding carboxylic acids is 2. The Morgan fingerprint density at radius 2 is 1.89 bits per heavy atom. The summed E-state index contributed by atoms with van der Waals surface area (Å²) in [6.45, 7) is 1.62. The van der Waals surface area contributed by atoms with Gasteiger partial charge in [-0.15, -0.1) is 0 Å². The number of rotatable bonds is 3. The van der Waals surface area contributed by atoms with E-state index >= 15 is 0 Å². The zero-order valence-electron chi connectivity index (χ0n) is 10.5. The minimum atomic E-state index is -0.308. The molecule has 1 aromatic carbocycles. The highest BCUT2D eigenvalue weighted by atomic mass is 16.5. The highest BCUT2D eigenvalue weighted by molar-refractivity contribution is 5.89. The van der Waals surface area contributed by atoms with Crippen LogP contribution in [0.2, 0.25) is 0 Å².